The van der Waals surface area contributed by atoms with E-state index < -0.39 is 0 Å². The van der Waals surface area contributed by atoms with Crippen molar-refractivity contribution in [2.24, 2.45) is 0 Å². The first-order valence-corrected chi connectivity index (χ1v) is 6.97. The van der Waals surface area contributed by atoms with Crippen molar-refractivity contribution < 1.29 is 4.79 Å². The molecule has 1 fully saturated rings. The molecule has 18 heavy (non-hydrogen) atoms. The summed E-state index contributed by atoms with van der Waals surface area (Å²) in [5.41, 5.74) is 1.98. The quantitative estimate of drug-likeness (QED) is 0.741. The summed E-state index contributed by atoms with van der Waals surface area (Å²) in [6.45, 7) is 2.89. The number of hydrogen-bond acceptors (Lipinski definition) is 2. The molecule has 0 heterocycles. The number of ketones is 1. The highest BCUT2D eigenvalue weighted by Crippen LogP contribution is 2.22. The van der Waals surface area contributed by atoms with Gasteiger partial charge in [0, 0.05) is 24.6 Å². The summed E-state index contributed by atoms with van der Waals surface area (Å²) in [7, 11) is 2.15. The summed E-state index contributed by atoms with van der Waals surface area (Å²) in [4.78, 5) is 14.5. The molecular formula is C16H23NO. The minimum atomic E-state index is 0.276. The van der Waals surface area contributed by atoms with Crippen LogP contribution in [-0.4, -0.2) is 30.3 Å². The first-order chi connectivity index (χ1) is 8.68. The van der Waals surface area contributed by atoms with E-state index in [-0.39, 0.29) is 5.78 Å². The monoisotopic (exact) mass is 245 g/mol. The summed E-state index contributed by atoms with van der Waals surface area (Å²) < 4.78 is 0. The van der Waals surface area contributed by atoms with E-state index in [4.69, 9.17) is 0 Å². The van der Waals surface area contributed by atoms with Gasteiger partial charge in [-0.3, -0.25) is 4.79 Å². The second-order valence-electron chi connectivity index (χ2n) is 5.41. The van der Waals surface area contributed by atoms with E-state index in [0.29, 0.717) is 12.5 Å². The van der Waals surface area contributed by atoms with Gasteiger partial charge in [0.05, 0.1) is 0 Å². The van der Waals surface area contributed by atoms with Crippen molar-refractivity contribution in [3.8, 4) is 0 Å². The summed E-state index contributed by atoms with van der Waals surface area (Å²) in [5, 5.41) is 0. The lowest BCUT2D eigenvalue weighted by atomic mass is 10.0. The van der Waals surface area contributed by atoms with Gasteiger partial charge >= 0.3 is 0 Å². The van der Waals surface area contributed by atoms with Gasteiger partial charge in [0.1, 0.15) is 0 Å². The number of Topliss-reactive ketones (excluding diaryl/α,β-unsaturated/α-hetero) is 1. The summed E-state index contributed by atoms with van der Waals surface area (Å²) in [6.07, 6.45) is 5.93. The first kappa shape index (κ1) is 13.3. The van der Waals surface area contributed by atoms with E-state index in [9.17, 15) is 4.79 Å². The van der Waals surface area contributed by atoms with Crippen LogP contribution in [0.15, 0.2) is 24.3 Å². The van der Waals surface area contributed by atoms with Crippen molar-refractivity contribution in [3.63, 3.8) is 0 Å². The van der Waals surface area contributed by atoms with Gasteiger partial charge in [0.25, 0.3) is 0 Å². The fraction of sp³-hybridized carbons (Fsp3) is 0.562. The summed E-state index contributed by atoms with van der Waals surface area (Å²) >= 11 is 0. The Morgan fingerprint density at radius 2 is 1.94 bits per heavy atom. The third-order valence-corrected chi connectivity index (χ3v) is 4.09. The summed E-state index contributed by atoms with van der Waals surface area (Å²) in [5.74, 6) is 0.276. The molecule has 1 aliphatic rings. The minimum absolute atomic E-state index is 0.276. The van der Waals surface area contributed by atoms with Crippen LogP contribution in [0.25, 0.3) is 0 Å². The minimum Gasteiger partial charge on any atom is -0.303 e. The van der Waals surface area contributed by atoms with Crippen LogP contribution in [0.3, 0.4) is 0 Å². The highest BCUT2D eigenvalue weighted by atomic mass is 16.1. The van der Waals surface area contributed by atoms with Crippen molar-refractivity contribution in [1.29, 1.82) is 0 Å². The highest BCUT2D eigenvalue weighted by molar-refractivity contribution is 5.97. The van der Waals surface area contributed by atoms with Gasteiger partial charge in [-0.1, -0.05) is 37.1 Å². The molecule has 2 rings (SSSR count). The van der Waals surface area contributed by atoms with E-state index in [0.717, 1.165) is 17.7 Å². The number of carbonyl (C=O) groups excluding carboxylic acids is 1. The lowest BCUT2D eigenvalue weighted by Crippen LogP contribution is -2.31. The second-order valence-corrected chi connectivity index (χ2v) is 5.41. The molecule has 1 aromatic rings. The average molecular weight is 245 g/mol. The number of benzene rings is 1. The van der Waals surface area contributed by atoms with Crippen LogP contribution in [0.1, 0.15) is 48.0 Å². The molecule has 0 amide bonds. The Labute approximate surface area is 110 Å². The molecular weight excluding hydrogens is 222 g/mol. The molecule has 1 aliphatic carbocycles. The molecule has 0 saturated heterocycles. The van der Waals surface area contributed by atoms with Crippen molar-refractivity contribution in [2.75, 3.05) is 13.6 Å². The number of nitrogens with zero attached hydrogens (tertiary/aromatic N) is 1. The molecule has 2 nitrogen and oxygen atoms in total. The van der Waals surface area contributed by atoms with Crippen LogP contribution < -0.4 is 0 Å². The van der Waals surface area contributed by atoms with E-state index in [1.54, 1.807) is 0 Å². The van der Waals surface area contributed by atoms with Crippen LogP contribution in [0.5, 0.6) is 0 Å². The van der Waals surface area contributed by atoms with Gasteiger partial charge in [0.2, 0.25) is 0 Å². The van der Waals surface area contributed by atoms with E-state index in [2.05, 4.69) is 11.9 Å². The molecule has 0 aromatic heterocycles. The number of carbonyl (C=O) groups is 1. The summed E-state index contributed by atoms with van der Waals surface area (Å²) in [6, 6.07) is 8.58. The average Bonchev–Trinajstić information content (AvgIpc) is 2.90. The molecule has 0 atom stereocenters. The van der Waals surface area contributed by atoms with Crippen LogP contribution in [0, 0.1) is 6.92 Å². The number of aryl methyl sites for hydroxylation is 1. The Balaban J connectivity index is 1.86. The molecule has 0 spiro atoms. The zero-order chi connectivity index (χ0) is 13.0. The largest absolute Gasteiger partial charge is 0.303 e. The molecule has 0 aliphatic heterocycles. The molecule has 0 unspecified atom stereocenters. The predicted octanol–water partition coefficient (Wildman–Crippen LogP) is 3.44. The van der Waals surface area contributed by atoms with Gasteiger partial charge in [-0.15, -0.1) is 0 Å². The van der Waals surface area contributed by atoms with Crippen LogP contribution in [0.4, 0.5) is 0 Å². The Morgan fingerprint density at radius 1 is 1.28 bits per heavy atom. The maximum Gasteiger partial charge on any atom is 0.164 e. The fourth-order valence-corrected chi connectivity index (χ4v) is 2.83. The van der Waals surface area contributed by atoms with Gasteiger partial charge in [-0.25, -0.2) is 0 Å². The van der Waals surface area contributed by atoms with Crippen molar-refractivity contribution in [1.82, 2.24) is 4.90 Å². The molecule has 0 radical (unpaired) electrons. The van der Waals surface area contributed by atoms with Gasteiger partial charge < -0.3 is 4.90 Å². The van der Waals surface area contributed by atoms with Crippen LogP contribution >= 0.6 is 0 Å². The third-order valence-electron chi connectivity index (χ3n) is 4.09. The smallest absolute Gasteiger partial charge is 0.164 e. The molecule has 2 heteroatoms. The third kappa shape index (κ3) is 3.20. The normalized spacial score (nSPS) is 16.4. The molecule has 1 saturated carbocycles. The maximum absolute atomic E-state index is 12.2. The second kappa shape index (κ2) is 6.14. The van der Waals surface area contributed by atoms with Gasteiger partial charge in [-0.2, -0.15) is 0 Å². The number of hydrogen-bond donors (Lipinski definition) is 0. The SMILES string of the molecule is Cc1ccccc1C(=O)CCN(C)C1CCCC1. The first-order valence-electron chi connectivity index (χ1n) is 6.97. The fourth-order valence-electron chi connectivity index (χ4n) is 2.83. The van der Waals surface area contributed by atoms with Gasteiger partial charge in [-0.05, 0) is 32.4 Å². The van der Waals surface area contributed by atoms with E-state index in [1.807, 2.05) is 31.2 Å². The Morgan fingerprint density at radius 3 is 2.61 bits per heavy atom. The lowest BCUT2D eigenvalue weighted by molar-refractivity contribution is 0.0960. The van der Waals surface area contributed by atoms with Crippen molar-refractivity contribution >= 4 is 5.78 Å². The topological polar surface area (TPSA) is 20.3 Å². The molecule has 98 valence electrons. The number of rotatable bonds is 5. The lowest BCUT2D eigenvalue weighted by Gasteiger charge is -2.23. The van der Waals surface area contributed by atoms with Gasteiger partial charge in [0.15, 0.2) is 5.78 Å². The molecule has 0 N–H and O–H groups in total. The Bertz CT molecular complexity index is 407. The van der Waals surface area contributed by atoms with Crippen LogP contribution in [0.2, 0.25) is 0 Å². The zero-order valence-corrected chi connectivity index (χ0v) is 11.5. The predicted molar refractivity (Wildman–Crippen MR) is 75.0 cm³/mol. The Kier molecular flexibility index (Phi) is 4.54. The van der Waals surface area contributed by atoms with E-state index >= 15 is 0 Å². The maximum atomic E-state index is 12.2. The molecule has 1 aromatic carbocycles. The van der Waals surface area contributed by atoms with Crippen molar-refractivity contribution in [3.05, 3.63) is 35.4 Å². The molecule has 0 bridgehead atoms. The van der Waals surface area contributed by atoms with Crippen molar-refractivity contribution in [2.45, 2.75) is 45.1 Å². The van der Waals surface area contributed by atoms with E-state index in [1.165, 1.54) is 25.7 Å². The Hall–Kier alpha value is -1.15. The van der Waals surface area contributed by atoms with Crippen LogP contribution in [-0.2, 0) is 0 Å². The standard InChI is InChI=1S/C16H23NO/c1-13-7-3-6-10-15(13)16(18)11-12-17(2)14-8-4-5-9-14/h3,6-7,10,14H,4-5,8-9,11-12H2,1-2H3. The zero-order valence-electron chi connectivity index (χ0n) is 11.5. The highest BCUT2D eigenvalue weighted by Gasteiger charge is 2.20.